The van der Waals surface area contributed by atoms with Crippen molar-refractivity contribution in [3.63, 3.8) is 0 Å². The zero-order valence-corrected chi connectivity index (χ0v) is 9.89. The van der Waals surface area contributed by atoms with Crippen LogP contribution in [-0.2, 0) is 6.61 Å². The van der Waals surface area contributed by atoms with E-state index in [4.69, 9.17) is 20.0 Å². The second kappa shape index (κ2) is 5.66. The quantitative estimate of drug-likeness (QED) is 0.610. The summed E-state index contributed by atoms with van der Waals surface area (Å²) in [7, 11) is 0. The molecule has 2 aromatic rings. The zero-order chi connectivity index (χ0) is 13.0. The normalized spacial score (nSPS) is 10.8. The molecule has 0 atom stereocenters. The van der Waals surface area contributed by atoms with Crippen LogP contribution in [0, 0.1) is 0 Å². The molecule has 0 unspecified atom stereocenters. The van der Waals surface area contributed by atoms with E-state index in [1.54, 1.807) is 18.2 Å². The maximum Gasteiger partial charge on any atom is 0.339 e. The lowest BCUT2D eigenvalue weighted by Gasteiger charge is -2.08. The Hall–Kier alpha value is -1.85. The van der Waals surface area contributed by atoms with Crippen molar-refractivity contribution in [2.24, 2.45) is 5.73 Å². The van der Waals surface area contributed by atoms with Crippen molar-refractivity contribution in [3.05, 3.63) is 40.2 Å². The Morgan fingerprint density at radius 1 is 1.33 bits per heavy atom. The Balaban J connectivity index is 2.44. The largest absolute Gasteiger partial charge is 0.492 e. The Morgan fingerprint density at radius 2 is 2.17 bits per heavy atom. The van der Waals surface area contributed by atoms with Gasteiger partial charge >= 0.3 is 5.63 Å². The van der Waals surface area contributed by atoms with Crippen molar-refractivity contribution in [2.45, 2.75) is 13.0 Å². The third kappa shape index (κ3) is 2.69. The monoisotopic (exact) mass is 249 g/mol. The Bertz CT molecular complexity index is 591. The summed E-state index contributed by atoms with van der Waals surface area (Å²) in [5, 5.41) is 9.79. The predicted octanol–water partition coefficient (Wildman–Crippen LogP) is 1.01. The molecular formula is C13H15NO4. The van der Waals surface area contributed by atoms with Crippen LogP contribution in [0.1, 0.15) is 12.0 Å². The van der Waals surface area contributed by atoms with Crippen LogP contribution in [0.15, 0.2) is 33.5 Å². The molecule has 1 heterocycles. The molecule has 0 aliphatic carbocycles. The molecule has 0 fully saturated rings. The fraction of sp³-hybridized carbons (Fsp3) is 0.308. The summed E-state index contributed by atoms with van der Waals surface area (Å²) >= 11 is 0. The highest BCUT2D eigenvalue weighted by atomic mass is 16.5. The molecule has 3 N–H and O–H groups in total. The second-order valence-corrected chi connectivity index (χ2v) is 3.91. The van der Waals surface area contributed by atoms with E-state index in [9.17, 15) is 4.79 Å². The summed E-state index contributed by atoms with van der Waals surface area (Å²) in [6.45, 7) is 0.900. The fourth-order valence-corrected chi connectivity index (χ4v) is 1.66. The van der Waals surface area contributed by atoms with Crippen LogP contribution in [0.2, 0.25) is 0 Å². The van der Waals surface area contributed by atoms with Crippen molar-refractivity contribution >= 4 is 11.0 Å². The first-order valence-corrected chi connectivity index (χ1v) is 5.75. The van der Waals surface area contributed by atoms with E-state index >= 15 is 0 Å². The molecule has 0 bridgehead atoms. The highest BCUT2D eigenvalue weighted by Gasteiger charge is 2.07. The van der Waals surface area contributed by atoms with Gasteiger partial charge in [-0.15, -0.1) is 0 Å². The summed E-state index contributed by atoms with van der Waals surface area (Å²) < 4.78 is 10.6. The minimum atomic E-state index is -0.456. The van der Waals surface area contributed by atoms with Crippen molar-refractivity contribution in [1.82, 2.24) is 0 Å². The van der Waals surface area contributed by atoms with E-state index in [1.807, 2.05) is 0 Å². The lowest BCUT2D eigenvalue weighted by Crippen LogP contribution is -2.08. The SMILES string of the molecule is NCCCOc1cc(=O)oc2ccc(CO)cc12. The van der Waals surface area contributed by atoms with Gasteiger partial charge in [0, 0.05) is 0 Å². The highest BCUT2D eigenvalue weighted by molar-refractivity contribution is 5.83. The average Bonchev–Trinajstić information content (AvgIpc) is 2.38. The zero-order valence-electron chi connectivity index (χ0n) is 9.89. The van der Waals surface area contributed by atoms with E-state index in [2.05, 4.69) is 0 Å². The number of rotatable bonds is 5. The Morgan fingerprint density at radius 3 is 2.89 bits per heavy atom. The average molecular weight is 249 g/mol. The number of hydrogen-bond acceptors (Lipinski definition) is 5. The van der Waals surface area contributed by atoms with E-state index in [-0.39, 0.29) is 6.61 Å². The first-order valence-electron chi connectivity index (χ1n) is 5.75. The van der Waals surface area contributed by atoms with Crippen LogP contribution < -0.4 is 16.1 Å². The number of hydrogen-bond donors (Lipinski definition) is 2. The predicted molar refractivity (Wildman–Crippen MR) is 67.6 cm³/mol. The first kappa shape index (κ1) is 12.6. The summed E-state index contributed by atoms with van der Waals surface area (Å²) in [4.78, 5) is 11.4. The molecule has 0 saturated carbocycles. The molecule has 1 aromatic heterocycles. The summed E-state index contributed by atoms with van der Waals surface area (Å²) in [6, 6.07) is 6.41. The molecule has 0 aliphatic rings. The molecule has 5 heteroatoms. The van der Waals surface area contributed by atoms with Crippen molar-refractivity contribution in [2.75, 3.05) is 13.2 Å². The van der Waals surface area contributed by atoms with Gasteiger partial charge in [-0.25, -0.2) is 4.79 Å². The number of fused-ring (bicyclic) bond motifs is 1. The molecular weight excluding hydrogens is 234 g/mol. The van der Waals surface area contributed by atoms with Gasteiger partial charge in [0.25, 0.3) is 0 Å². The number of benzene rings is 1. The maximum atomic E-state index is 11.4. The number of aliphatic hydroxyl groups is 1. The van der Waals surface area contributed by atoms with E-state index < -0.39 is 5.63 Å². The van der Waals surface area contributed by atoms with Gasteiger partial charge in [0.05, 0.1) is 24.7 Å². The van der Waals surface area contributed by atoms with Crippen LogP contribution >= 0.6 is 0 Å². The molecule has 0 spiro atoms. The topological polar surface area (TPSA) is 85.7 Å². The van der Waals surface area contributed by atoms with E-state index in [0.29, 0.717) is 36.3 Å². The van der Waals surface area contributed by atoms with Gasteiger partial charge in [-0.05, 0) is 30.7 Å². The second-order valence-electron chi connectivity index (χ2n) is 3.91. The van der Waals surface area contributed by atoms with Gasteiger partial charge < -0.3 is 20.0 Å². The first-order chi connectivity index (χ1) is 8.74. The molecule has 1 aromatic carbocycles. The summed E-state index contributed by atoms with van der Waals surface area (Å²) in [5.74, 6) is 0.463. The highest BCUT2D eigenvalue weighted by Crippen LogP contribution is 2.25. The fourth-order valence-electron chi connectivity index (χ4n) is 1.66. The number of ether oxygens (including phenoxy) is 1. The van der Waals surface area contributed by atoms with Crippen molar-refractivity contribution in [3.8, 4) is 5.75 Å². The van der Waals surface area contributed by atoms with Gasteiger partial charge in [-0.2, -0.15) is 0 Å². The summed E-state index contributed by atoms with van der Waals surface area (Å²) in [6.07, 6.45) is 0.710. The molecule has 0 saturated heterocycles. The molecule has 2 rings (SSSR count). The molecule has 0 aliphatic heterocycles. The van der Waals surface area contributed by atoms with Gasteiger partial charge in [0.15, 0.2) is 0 Å². The molecule has 0 radical (unpaired) electrons. The van der Waals surface area contributed by atoms with Gasteiger partial charge in [0.1, 0.15) is 11.3 Å². The van der Waals surface area contributed by atoms with Crippen LogP contribution in [-0.4, -0.2) is 18.3 Å². The van der Waals surface area contributed by atoms with Gasteiger partial charge in [0.2, 0.25) is 0 Å². The lowest BCUT2D eigenvalue weighted by atomic mass is 10.1. The Kier molecular flexibility index (Phi) is 3.96. The van der Waals surface area contributed by atoms with E-state index in [1.165, 1.54) is 6.07 Å². The third-order valence-corrected chi connectivity index (χ3v) is 2.56. The van der Waals surface area contributed by atoms with Crippen LogP contribution in [0.4, 0.5) is 0 Å². The minimum Gasteiger partial charge on any atom is -0.492 e. The van der Waals surface area contributed by atoms with Crippen LogP contribution in [0.5, 0.6) is 5.75 Å². The van der Waals surface area contributed by atoms with Gasteiger partial charge in [-0.1, -0.05) is 6.07 Å². The molecule has 96 valence electrons. The molecule has 5 nitrogen and oxygen atoms in total. The standard InChI is InChI=1S/C13H15NO4/c14-4-1-5-17-12-7-13(16)18-11-3-2-9(8-15)6-10(11)12/h2-3,6-7,15H,1,4-5,8,14H2. The van der Waals surface area contributed by atoms with Crippen LogP contribution in [0.25, 0.3) is 11.0 Å². The lowest BCUT2D eigenvalue weighted by molar-refractivity contribution is 0.282. The maximum absolute atomic E-state index is 11.4. The smallest absolute Gasteiger partial charge is 0.339 e. The summed E-state index contributed by atoms with van der Waals surface area (Å²) in [5.41, 5.74) is 6.11. The molecule has 18 heavy (non-hydrogen) atoms. The minimum absolute atomic E-state index is 0.0721. The van der Waals surface area contributed by atoms with Gasteiger partial charge in [-0.3, -0.25) is 0 Å². The van der Waals surface area contributed by atoms with Crippen molar-refractivity contribution in [1.29, 1.82) is 0 Å². The van der Waals surface area contributed by atoms with Crippen molar-refractivity contribution < 1.29 is 14.3 Å². The third-order valence-electron chi connectivity index (χ3n) is 2.56. The number of aliphatic hydroxyl groups excluding tert-OH is 1. The van der Waals surface area contributed by atoms with E-state index in [0.717, 1.165) is 5.56 Å². The Labute approximate surface area is 104 Å². The number of nitrogens with two attached hydrogens (primary N) is 1. The van der Waals surface area contributed by atoms with Crippen LogP contribution in [0.3, 0.4) is 0 Å². The molecule has 0 amide bonds.